The monoisotopic (exact) mass is 222 g/mol. The number of anilines is 1. The van der Waals surface area contributed by atoms with E-state index in [1.807, 2.05) is 13.1 Å². The highest BCUT2D eigenvalue weighted by Crippen LogP contribution is 2.33. The summed E-state index contributed by atoms with van der Waals surface area (Å²) in [6.45, 7) is 3.00. The number of hydrogen-bond acceptors (Lipinski definition) is 3. The summed E-state index contributed by atoms with van der Waals surface area (Å²) in [5.74, 6) is 0.894. The molecule has 90 valence electrons. The molecule has 0 bridgehead atoms. The summed E-state index contributed by atoms with van der Waals surface area (Å²) in [7, 11) is 4.36. The summed E-state index contributed by atoms with van der Waals surface area (Å²) in [6, 6.07) is 0. The van der Waals surface area contributed by atoms with Crippen molar-refractivity contribution >= 4 is 5.95 Å². The number of hydrogen-bond donors (Lipinski definition) is 2. The fraction of sp³-hybridized carbons (Fsp3) is 0.750. The first-order valence-electron chi connectivity index (χ1n) is 6.05. The van der Waals surface area contributed by atoms with Crippen LogP contribution in [0.1, 0.15) is 31.4 Å². The van der Waals surface area contributed by atoms with Gasteiger partial charge < -0.3 is 15.2 Å². The van der Waals surface area contributed by atoms with E-state index >= 15 is 0 Å². The predicted octanol–water partition coefficient (Wildman–Crippen LogP) is 2.00. The smallest absolute Gasteiger partial charge is 0.200 e. The molecule has 16 heavy (non-hydrogen) atoms. The fourth-order valence-corrected chi connectivity index (χ4v) is 2.57. The molecule has 2 N–H and O–H groups in total. The van der Waals surface area contributed by atoms with E-state index in [2.05, 4.69) is 34.3 Å². The molecule has 0 aliphatic heterocycles. The van der Waals surface area contributed by atoms with E-state index in [-0.39, 0.29) is 0 Å². The Balaban J connectivity index is 1.97. The van der Waals surface area contributed by atoms with Crippen molar-refractivity contribution in [2.45, 2.75) is 38.1 Å². The zero-order chi connectivity index (χ0) is 11.6. The third-order valence-electron chi connectivity index (χ3n) is 3.77. The number of likely N-dealkylation sites (N-methyl/N-ethyl adjacent to an activating group) is 1. The van der Waals surface area contributed by atoms with Gasteiger partial charge in [0.05, 0.1) is 0 Å². The summed E-state index contributed by atoms with van der Waals surface area (Å²) in [5.41, 5.74) is 1.42. The average molecular weight is 222 g/mol. The van der Waals surface area contributed by atoms with Gasteiger partial charge in [-0.1, -0.05) is 12.8 Å². The van der Waals surface area contributed by atoms with Crippen molar-refractivity contribution in [1.82, 2.24) is 14.9 Å². The molecule has 1 heterocycles. The first kappa shape index (κ1) is 11.5. The Hall–Kier alpha value is -1.03. The predicted molar refractivity (Wildman–Crippen MR) is 66.7 cm³/mol. The van der Waals surface area contributed by atoms with Gasteiger partial charge in [-0.05, 0) is 33.9 Å². The minimum atomic E-state index is 0.320. The highest BCUT2D eigenvalue weighted by Gasteiger charge is 2.35. The van der Waals surface area contributed by atoms with Crippen molar-refractivity contribution in [2.24, 2.45) is 0 Å². The Labute approximate surface area is 97.4 Å². The maximum Gasteiger partial charge on any atom is 0.200 e. The maximum absolute atomic E-state index is 4.28. The Morgan fingerprint density at radius 1 is 1.44 bits per heavy atom. The van der Waals surface area contributed by atoms with Gasteiger partial charge in [-0.15, -0.1) is 0 Å². The van der Waals surface area contributed by atoms with Crippen LogP contribution in [0.5, 0.6) is 0 Å². The summed E-state index contributed by atoms with van der Waals surface area (Å²) in [5, 5.41) is 3.42. The van der Waals surface area contributed by atoms with Gasteiger partial charge >= 0.3 is 0 Å². The lowest BCUT2D eigenvalue weighted by molar-refractivity contribution is 0.172. The number of imidazole rings is 1. The van der Waals surface area contributed by atoms with Crippen LogP contribution in [-0.2, 0) is 0 Å². The molecular formula is C12H22N4. The van der Waals surface area contributed by atoms with Crippen molar-refractivity contribution in [1.29, 1.82) is 0 Å². The molecule has 0 spiro atoms. The number of H-pyrrole nitrogens is 1. The van der Waals surface area contributed by atoms with E-state index in [4.69, 9.17) is 0 Å². The second-order valence-corrected chi connectivity index (χ2v) is 5.09. The first-order chi connectivity index (χ1) is 7.62. The van der Waals surface area contributed by atoms with Gasteiger partial charge in [-0.2, -0.15) is 0 Å². The van der Waals surface area contributed by atoms with Crippen LogP contribution < -0.4 is 5.32 Å². The van der Waals surface area contributed by atoms with Crippen LogP contribution >= 0.6 is 0 Å². The lowest BCUT2D eigenvalue weighted by atomic mass is 9.96. The van der Waals surface area contributed by atoms with Gasteiger partial charge in [0.1, 0.15) is 0 Å². The minimum absolute atomic E-state index is 0.320. The van der Waals surface area contributed by atoms with Crippen LogP contribution in [0.4, 0.5) is 5.95 Å². The molecular weight excluding hydrogens is 200 g/mol. The topological polar surface area (TPSA) is 44.0 Å². The molecule has 1 saturated carbocycles. The number of aromatic amines is 1. The maximum atomic E-state index is 4.28. The zero-order valence-electron chi connectivity index (χ0n) is 10.5. The van der Waals surface area contributed by atoms with Crippen LogP contribution in [0.3, 0.4) is 0 Å². The summed E-state index contributed by atoms with van der Waals surface area (Å²) >= 11 is 0. The number of nitrogens with zero attached hydrogens (tertiary/aromatic N) is 2. The Kier molecular flexibility index (Phi) is 3.19. The molecule has 1 aromatic rings. The number of aromatic nitrogens is 2. The number of aryl methyl sites for hydroxylation is 1. The van der Waals surface area contributed by atoms with Gasteiger partial charge in [0.25, 0.3) is 0 Å². The van der Waals surface area contributed by atoms with E-state index in [9.17, 15) is 0 Å². The SMILES string of the molecule is Cc1cnc(NCC2(N(C)C)CCCC2)[nH]1. The van der Waals surface area contributed by atoms with E-state index in [0.717, 1.165) is 18.2 Å². The molecule has 4 heteroatoms. The summed E-state index contributed by atoms with van der Waals surface area (Å²) in [6.07, 6.45) is 7.12. The molecule has 2 rings (SSSR count). The van der Waals surface area contributed by atoms with Gasteiger partial charge in [-0.25, -0.2) is 4.98 Å². The van der Waals surface area contributed by atoms with Crippen molar-refractivity contribution in [2.75, 3.05) is 26.0 Å². The van der Waals surface area contributed by atoms with Crippen molar-refractivity contribution in [3.63, 3.8) is 0 Å². The molecule has 0 unspecified atom stereocenters. The molecule has 0 radical (unpaired) electrons. The average Bonchev–Trinajstić information content (AvgIpc) is 2.84. The van der Waals surface area contributed by atoms with Crippen molar-refractivity contribution in [3.05, 3.63) is 11.9 Å². The highest BCUT2D eigenvalue weighted by atomic mass is 15.2. The molecule has 1 fully saturated rings. The quantitative estimate of drug-likeness (QED) is 0.819. The van der Waals surface area contributed by atoms with E-state index < -0.39 is 0 Å². The fourth-order valence-electron chi connectivity index (χ4n) is 2.57. The van der Waals surface area contributed by atoms with Gasteiger partial charge in [-0.3, -0.25) is 0 Å². The molecule has 0 saturated heterocycles. The van der Waals surface area contributed by atoms with Crippen LogP contribution in [0, 0.1) is 6.92 Å². The summed E-state index contributed by atoms with van der Waals surface area (Å²) in [4.78, 5) is 9.86. The Morgan fingerprint density at radius 3 is 2.62 bits per heavy atom. The van der Waals surface area contributed by atoms with Crippen LogP contribution in [0.15, 0.2) is 6.20 Å². The molecule has 1 aliphatic carbocycles. The second-order valence-electron chi connectivity index (χ2n) is 5.09. The number of rotatable bonds is 4. The van der Waals surface area contributed by atoms with E-state index in [1.54, 1.807) is 0 Å². The number of nitrogens with one attached hydrogen (secondary N) is 2. The van der Waals surface area contributed by atoms with Crippen LogP contribution in [-0.4, -0.2) is 41.0 Å². The van der Waals surface area contributed by atoms with Gasteiger partial charge in [0.2, 0.25) is 0 Å². The Morgan fingerprint density at radius 2 is 2.12 bits per heavy atom. The first-order valence-corrected chi connectivity index (χ1v) is 6.05. The van der Waals surface area contributed by atoms with Crippen molar-refractivity contribution in [3.8, 4) is 0 Å². The lowest BCUT2D eigenvalue weighted by Crippen LogP contribution is -2.47. The van der Waals surface area contributed by atoms with Gasteiger partial charge in [0.15, 0.2) is 5.95 Å². The second kappa shape index (κ2) is 4.45. The van der Waals surface area contributed by atoms with Crippen LogP contribution in [0.2, 0.25) is 0 Å². The van der Waals surface area contributed by atoms with Crippen molar-refractivity contribution < 1.29 is 0 Å². The minimum Gasteiger partial charge on any atom is -0.354 e. The lowest BCUT2D eigenvalue weighted by Gasteiger charge is -2.36. The largest absolute Gasteiger partial charge is 0.354 e. The van der Waals surface area contributed by atoms with E-state index in [0.29, 0.717) is 5.54 Å². The third kappa shape index (κ3) is 2.21. The Bertz CT molecular complexity index is 337. The molecule has 1 aromatic heterocycles. The van der Waals surface area contributed by atoms with E-state index in [1.165, 1.54) is 25.7 Å². The van der Waals surface area contributed by atoms with Crippen LogP contribution in [0.25, 0.3) is 0 Å². The molecule has 0 amide bonds. The van der Waals surface area contributed by atoms with Gasteiger partial charge in [0, 0.05) is 24.0 Å². The third-order valence-corrected chi connectivity index (χ3v) is 3.77. The molecule has 4 nitrogen and oxygen atoms in total. The summed E-state index contributed by atoms with van der Waals surface area (Å²) < 4.78 is 0. The molecule has 0 atom stereocenters. The highest BCUT2D eigenvalue weighted by molar-refractivity contribution is 5.27. The zero-order valence-corrected chi connectivity index (χ0v) is 10.5. The molecule has 0 aromatic carbocycles. The standard InChI is InChI=1S/C12H22N4/c1-10-8-13-11(15-10)14-9-12(16(2)3)6-4-5-7-12/h8H,4-7,9H2,1-3H3,(H2,13,14,15). The molecule has 1 aliphatic rings. The normalized spacial score (nSPS) is 19.2.